The molecule has 3 saturated heterocycles. The molecule has 8 atom stereocenters. The summed E-state index contributed by atoms with van der Waals surface area (Å²) >= 11 is 4.73. The largest absolute Gasteiger partial charge is 0.348 e. The van der Waals surface area contributed by atoms with Crippen molar-refractivity contribution in [3.05, 3.63) is 48.0 Å². The molecule has 0 radical (unpaired) electrons. The van der Waals surface area contributed by atoms with E-state index in [-0.39, 0.29) is 41.1 Å². The second-order valence-electron chi connectivity index (χ2n) is 13.4. The summed E-state index contributed by atoms with van der Waals surface area (Å²) in [5, 5.41) is 10.8. The number of carbonyl (C=O) groups is 2. The molecule has 0 bridgehead atoms. The number of piperazine rings is 1. The highest BCUT2D eigenvalue weighted by atomic mass is 32.1. The molecule has 1 saturated carbocycles. The smallest absolute Gasteiger partial charge is 0.246 e. The Balaban J connectivity index is 1.38. The van der Waals surface area contributed by atoms with Crippen LogP contribution >= 0.6 is 12.6 Å². The second-order valence-corrected chi connectivity index (χ2v) is 14.1. The maximum atomic E-state index is 14.5. The van der Waals surface area contributed by atoms with Crippen LogP contribution in [-0.4, -0.2) is 110 Å². The highest BCUT2D eigenvalue weighted by molar-refractivity contribution is 7.80. The van der Waals surface area contributed by atoms with Crippen LogP contribution in [0.4, 0.5) is 0 Å². The summed E-state index contributed by atoms with van der Waals surface area (Å²) in [5.74, 6) is 0.346. The molecule has 10 heteroatoms. The fourth-order valence-corrected chi connectivity index (χ4v) is 8.14. The summed E-state index contributed by atoms with van der Waals surface area (Å²) < 4.78 is 6.50. The number of thiol groups is 1. The molecule has 1 aromatic rings. The van der Waals surface area contributed by atoms with Gasteiger partial charge in [0.05, 0.1) is 24.9 Å². The number of ketones is 1. The van der Waals surface area contributed by atoms with Gasteiger partial charge in [-0.3, -0.25) is 25.1 Å². The van der Waals surface area contributed by atoms with Crippen LogP contribution in [0.3, 0.4) is 0 Å². The van der Waals surface area contributed by atoms with E-state index in [1.165, 1.54) is 23.6 Å². The van der Waals surface area contributed by atoms with Crippen LogP contribution in [-0.2, 0) is 20.7 Å². The molecule has 4 fully saturated rings. The van der Waals surface area contributed by atoms with Gasteiger partial charge >= 0.3 is 0 Å². The third-order valence-corrected chi connectivity index (χ3v) is 10.7. The molecule has 4 aliphatic rings. The predicted molar refractivity (Wildman–Crippen MR) is 174 cm³/mol. The van der Waals surface area contributed by atoms with E-state index >= 15 is 0 Å². The van der Waals surface area contributed by atoms with Crippen LogP contribution in [0.25, 0.3) is 0 Å². The molecular weight excluding hydrogens is 560 g/mol. The van der Waals surface area contributed by atoms with Gasteiger partial charge in [-0.1, -0.05) is 37.8 Å². The first-order valence-corrected chi connectivity index (χ1v) is 16.6. The van der Waals surface area contributed by atoms with E-state index in [1.807, 2.05) is 11.9 Å². The molecule has 238 valence electrons. The van der Waals surface area contributed by atoms with Gasteiger partial charge in [0, 0.05) is 48.8 Å². The van der Waals surface area contributed by atoms with Crippen molar-refractivity contribution in [2.45, 2.75) is 81.8 Å². The number of Topliss-reactive ketones (excluding diaryl/α,β-unsaturated/α-hetero) is 1. The third kappa shape index (κ3) is 7.06. The van der Waals surface area contributed by atoms with E-state index < -0.39 is 11.8 Å². The van der Waals surface area contributed by atoms with Crippen molar-refractivity contribution in [3.8, 4) is 0 Å². The molecule has 1 aliphatic carbocycles. The quantitative estimate of drug-likeness (QED) is 0.237. The number of amides is 1. The number of hydrogen-bond donors (Lipinski definition) is 4. The average molecular weight is 613 g/mol. The number of likely N-dealkylation sites (N-methyl/N-ethyl adjacent to an activating group) is 2. The van der Waals surface area contributed by atoms with Gasteiger partial charge in [0.1, 0.15) is 0 Å². The first-order valence-electron chi connectivity index (χ1n) is 16.1. The first kappa shape index (κ1) is 32.6. The molecule has 0 aromatic heterocycles. The Hall–Kier alpha value is -1.79. The lowest BCUT2D eigenvalue weighted by molar-refractivity contribution is -0.152. The molecule has 0 spiro atoms. The normalized spacial score (nSPS) is 34.6. The van der Waals surface area contributed by atoms with Crippen molar-refractivity contribution in [1.29, 1.82) is 0 Å². The van der Waals surface area contributed by atoms with Gasteiger partial charge in [-0.25, -0.2) is 0 Å². The minimum Gasteiger partial charge on any atom is -0.348 e. The average Bonchev–Trinajstić information content (AvgIpc) is 3.42. The Kier molecular flexibility index (Phi) is 10.7. The van der Waals surface area contributed by atoms with E-state index in [1.54, 1.807) is 0 Å². The lowest BCUT2D eigenvalue weighted by Gasteiger charge is -2.54. The summed E-state index contributed by atoms with van der Waals surface area (Å²) in [5.41, 5.74) is 1.93. The number of nitrogens with one attached hydrogen (secondary N) is 3. The zero-order valence-corrected chi connectivity index (χ0v) is 27.3. The Labute approximate surface area is 263 Å². The SMILES string of the molecule is C=CC(=O)N1CCN(C2NC(OCC3CCCN3C)NC3C(=O)[C@@](C)(Cc4ccccc4C(C)S)CCC32)CC1CNC. The van der Waals surface area contributed by atoms with Gasteiger partial charge in [-0.2, -0.15) is 12.6 Å². The third-order valence-electron chi connectivity index (χ3n) is 10.4. The second kappa shape index (κ2) is 14.1. The highest BCUT2D eigenvalue weighted by Crippen LogP contribution is 2.43. The van der Waals surface area contributed by atoms with Crippen LogP contribution in [0.5, 0.6) is 0 Å². The summed E-state index contributed by atoms with van der Waals surface area (Å²) in [6.07, 6.45) is 5.74. The number of rotatable bonds is 10. The molecule has 1 aromatic carbocycles. The van der Waals surface area contributed by atoms with Crippen LogP contribution in [0.2, 0.25) is 0 Å². The van der Waals surface area contributed by atoms with E-state index in [4.69, 9.17) is 17.4 Å². The van der Waals surface area contributed by atoms with E-state index in [2.05, 4.69) is 77.5 Å². The van der Waals surface area contributed by atoms with Crippen LogP contribution < -0.4 is 16.0 Å². The van der Waals surface area contributed by atoms with Gasteiger partial charge in [0.15, 0.2) is 12.1 Å². The summed E-state index contributed by atoms with van der Waals surface area (Å²) in [4.78, 5) is 33.9. The number of carbonyl (C=O) groups excluding carboxylic acids is 2. The molecule has 9 nitrogen and oxygen atoms in total. The van der Waals surface area contributed by atoms with E-state index in [0.29, 0.717) is 32.2 Å². The standard InChI is InChI=1S/C33H52N6O3S/c1-6-28(40)39-17-16-38(20-25(39)19-34-4)31-27-13-14-33(3,18-23-10-7-8-12-26(23)22(2)43)30(41)29(27)35-32(36-31)42-21-24-11-9-15-37(24)5/h6-8,10,12,22,24-25,27,29,31-32,34-36,43H,1,9,11,13-21H2,2-5H3/t22?,24?,25?,27?,29?,31?,32?,33-/m1/s1. The molecule has 3 aliphatic heterocycles. The molecule has 43 heavy (non-hydrogen) atoms. The van der Waals surface area contributed by atoms with Crippen LogP contribution in [0.1, 0.15) is 55.9 Å². The number of ether oxygens (including phenoxy) is 1. The van der Waals surface area contributed by atoms with Crippen molar-refractivity contribution in [2.24, 2.45) is 11.3 Å². The number of likely N-dealkylation sites (tertiary alicyclic amines) is 1. The lowest BCUT2D eigenvalue weighted by atomic mass is 9.64. The minimum absolute atomic E-state index is 0.0233. The topological polar surface area (TPSA) is 89.2 Å². The van der Waals surface area contributed by atoms with Gasteiger partial charge in [-0.15, -0.1) is 0 Å². The Morgan fingerprint density at radius 1 is 1.23 bits per heavy atom. The zero-order valence-electron chi connectivity index (χ0n) is 26.4. The van der Waals surface area contributed by atoms with E-state index in [0.717, 1.165) is 38.9 Å². The summed E-state index contributed by atoms with van der Waals surface area (Å²) in [6.45, 7) is 12.5. The van der Waals surface area contributed by atoms with Gasteiger partial charge in [-0.05, 0) is 76.9 Å². The van der Waals surface area contributed by atoms with Crippen molar-refractivity contribution in [3.63, 3.8) is 0 Å². The predicted octanol–water partition coefficient (Wildman–Crippen LogP) is 2.41. The molecule has 7 unspecified atom stereocenters. The Morgan fingerprint density at radius 2 is 2.02 bits per heavy atom. The van der Waals surface area contributed by atoms with E-state index in [9.17, 15) is 9.59 Å². The summed E-state index contributed by atoms with van der Waals surface area (Å²) in [6, 6.07) is 8.51. The highest BCUT2D eigenvalue weighted by Gasteiger charge is 2.53. The summed E-state index contributed by atoms with van der Waals surface area (Å²) in [7, 11) is 4.08. The lowest BCUT2D eigenvalue weighted by Crippen LogP contribution is -2.74. The first-order chi connectivity index (χ1) is 20.6. The number of nitrogens with zero attached hydrogens (tertiary/aromatic N) is 3. The number of benzene rings is 1. The fourth-order valence-electron chi connectivity index (χ4n) is 7.89. The molecule has 3 N–H and O–H groups in total. The van der Waals surface area contributed by atoms with Crippen molar-refractivity contribution < 1.29 is 14.3 Å². The van der Waals surface area contributed by atoms with Crippen molar-refractivity contribution in [2.75, 3.05) is 53.4 Å². The zero-order chi connectivity index (χ0) is 30.7. The van der Waals surface area contributed by atoms with Crippen molar-refractivity contribution >= 4 is 24.3 Å². The molecular formula is C33H52N6O3S. The van der Waals surface area contributed by atoms with Crippen LogP contribution in [0.15, 0.2) is 36.9 Å². The molecule has 1 amide bonds. The Bertz CT molecular complexity index is 1150. The van der Waals surface area contributed by atoms with Crippen molar-refractivity contribution in [1.82, 2.24) is 30.7 Å². The van der Waals surface area contributed by atoms with Crippen LogP contribution in [0, 0.1) is 11.3 Å². The maximum absolute atomic E-state index is 14.5. The molecule has 3 heterocycles. The maximum Gasteiger partial charge on any atom is 0.246 e. The Morgan fingerprint density at radius 3 is 2.72 bits per heavy atom. The fraction of sp³-hybridized carbons (Fsp3) is 0.697. The van der Waals surface area contributed by atoms with Gasteiger partial charge in [0.2, 0.25) is 5.91 Å². The number of fused-ring (bicyclic) bond motifs is 1. The molecule has 5 rings (SSSR count). The minimum atomic E-state index is -0.477. The number of hydrogen-bond acceptors (Lipinski definition) is 9. The van der Waals surface area contributed by atoms with Gasteiger partial charge in [0.25, 0.3) is 0 Å². The van der Waals surface area contributed by atoms with Gasteiger partial charge < -0.3 is 19.9 Å². The monoisotopic (exact) mass is 612 g/mol.